The Balaban J connectivity index is 2.62. The molecule has 0 aromatic carbocycles. The maximum atomic E-state index is 4.92. The fourth-order valence-electron chi connectivity index (χ4n) is 2.26. The molecule has 1 unspecified atom stereocenters. The molecule has 1 fully saturated rings. The van der Waals surface area contributed by atoms with Crippen LogP contribution in [0.25, 0.3) is 0 Å². The molecule has 0 N–H and O–H groups in total. The highest BCUT2D eigenvalue weighted by Gasteiger charge is 2.25. The van der Waals surface area contributed by atoms with E-state index in [1.807, 2.05) is 0 Å². The molecule has 1 aliphatic rings. The lowest BCUT2D eigenvalue weighted by atomic mass is 10.1. The molecule has 0 aromatic heterocycles. The summed E-state index contributed by atoms with van der Waals surface area (Å²) < 4.78 is 0. The van der Waals surface area contributed by atoms with Gasteiger partial charge >= 0.3 is 0 Å². The van der Waals surface area contributed by atoms with Gasteiger partial charge in [-0.05, 0) is 25.7 Å². The van der Waals surface area contributed by atoms with E-state index in [1.165, 1.54) is 44.9 Å². The molecule has 1 saturated carbocycles. The van der Waals surface area contributed by atoms with Crippen molar-refractivity contribution in [3.05, 3.63) is 0 Å². The van der Waals surface area contributed by atoms with Crippen molar-refractivity contribution in [3.8, 4) is 0 Å². The standard InChI is InChI=1S/C14H29NSSi/c1-5-6-12-15-13-10-8-7-9-11-14(13)16-17(2,3)4/h14H,5-12H2,1-4H3/b15-13+. The fourth-order valence-corrected chi connectivity index (χ4v) is 7.04. The summed E-state index contributed by atoms with van der Waals surface area (Å²) in [4.78, 5) is 4.92. The van der Waals surface area contributed by atoms with Gasteiger partial charge in [0, 0.05) is 17.5 Å². The van der Waals surface area contributed by atoms with Crippen molar-refractivity contribution in [2.24, 2.45) is 4.99 Å². The molecule has 3 heteroatoms. The van der Waals surface area contributed by atoms with E-state index in [9.17, 15) is 0 Å². The van der Waals surface area contributed by atoms with Crippen LogP contribution in [0.4, 0.5) is 0 Å². The lowest BCUT2D eigenvalue weighted by molar-refractivity contribution is 0.706. The highest BCUT2D eigenvalue weighted by molar-refractivity contribution is 8.29. The first-order valence-corrected chi connectivity index (χ1v) is 12.3. The van der Waals surface area contributed by atoms with Crippen LogP contribution >= 0.6 is 11.2 Å². The molecule has 1 rings (SSSR count). The van der Waals surface area contributed by atoms with Gasteiger partial charge in [0.05, 0.1) is 0 Å². The van der Waals surface area contributed by atoms with Crippen LogP contribution in [0.15, 0.2) is 4.99 Å². The Morgan fingerprint density at radius 2 is 2.00 bits per heavy atom. The van der Waals surface area contributed by atoms with Crippen LogP contribution < -0.4 is 0 Å². The number of unbranched alkanes of at least 4 members (excludes halogenated alkanes) is 1. The van der Waals surface area contributed by atoms with Gasteiger partial charge in [0.1, 0.15) is 7.22 Å². The molecule has 100 valence electrons. The second kappa shape index (κ2) is 7.62. The third-order valence-corrected chi connectivity index (χ3v) is 7.57. The lowest BCUT2D eigenvalue weighted by Gasteiger charge is -2.24. The van der Waals surface area contributed by atoms with Gasteiger partial charge in [0.25, 0.3) is 0 Å². The summed E-state index contributed by atoms with van der Waals surface area (Å²) in [6.07, 6.45) is 9.36. The highest BCUT2D eigenvalue weighted by Crippen LogP contribution is 2.32. The predicted molar refractivity (Wildman–Crippen MR) is 85.0 cm³/mol. The second-order valence-corrected chi connectivity index (χ2v) is 15.5. The van der Waals surface area contributed by atoms with E-state index in [2.05, 4.69) is 37.8 Å². The first kappa shape index (κ1) is 15.3. The minimum Gasteiger partial charge on any atom is -0.293 e. The molecule has 0 aromatic rings. The topological polar surface area (TPSA) is 12.4 Å². The predicted octanol–water partition coefficient (Wildman–Crippen LogP) is 5.13. The maximum Gasteiger partial charge on any atom is 0.109 e. The zero-order valence-corrected chi connectivity index (χ0v) is 13.9. The molecule has 0 bridgehead atoms. The van der Waals surface area contributed by atoms with E-state index in [0.29, 0.717) is 0 Å². The summed E-state index contributed by atoms with van der Waals surface area (Å²) >= 11 is 2.27. The minimum atomic E-state index is -1.02. The molecular formula is C14H29NSSi. The number of rotatable bonds is 5. The van der Waals surface area contributed by atoms with E-state index < -0.39 is 7.22 Å². The quantitative estimate of drug-likeness (QED) is 0.384. The van der Waals surface area contributed by atoms with Gasteiger partial charge < -0.3 is 0 Å². The SMILES string of the molecule is CCCC/N=C1\CCCCCC1S[Si](C)(C)C. The average Bonchev–Trinajstić information content (AvgIpc) is 2.43. The molecule has 1 aliphatic carbocycles. The van der Waals surface area contributed by atoms with Gasteiger partial charge in [-0.1, -0.05) is 45.8 Å². The van der Waals surface area contributed by atoms with Crippen LogP contribution in [0.5, 0.6) is 0 Å². The van der Waals surface area contributed by atoms with Crippen LogP contribution in [0.2, 0.25) is 19.6 Å². The van der Waals surface area contributed by atoms with Crippen LogP contribution in [0.3, 0.4) is 0 Å². The molecule has 0 radical (unpaired) electrons. The summed E-state index contributed by atoms with van der Waals surface area (Å²) in [6, 6.07) is 0. The van der Waals surface area contributed by atoms with Crippen LogP contribution in [0.1, 0.15) is 51.9 Å². The Morgan fingerprint density at radius 3 is 2.65 bits per heavy atom. The molecular weight excluding hydrogens is 242 g/mol. The first-order chi connectivity index (χ1) is 8.03. The molecule has 0 heterocycles. The van der Waals surface area contributed by atoms with E-state index >= 15 is 0 Å². The number of nitrogens with zero attached hydrogens (tertiary/aromatic N) is 1. The monoisotopic (exact) mass is 271 g/mol. The van der Waals surface area contributed by atoms with Gasteiger partial charge in [0.15, 0.2) is 0 Å². The normalized spacial score (nSPS) is 24.9. The molecule has 0 aliphatic heterocycles. The highest BCUT2D eigenvalue weighted by atomic mass is 32.4. The Morgan fingerprint density at radius 1 is 1.24 bits per heavy atom. The number of hydrogen-bond acceptors (Lipinski definition) is 2. The van der Waals surface area contributed by atoms with Crippen molar-refractivity contribution < 1.29 is 0 Å². The minimum absolute atomic E-state index is 0.751. The summed E-state index contributed by atoms with van der Waals surface area (Å²) in [6.45, 7) is 10.7. The van der Waals surface area contributed by atoms with Gasteiger partial charge in [-0.2, -0.15) is 11.2 Å². The summed E-state index contributed by atoms with van der Waals surface area (Å²) in [5.41, 5.74) is 1.54. The Hall–Kier alpha value is 0.237. The summed E-state index contributed by atoms with van der Waals surface area (Å²) in [5, 5.41) is 0.751. The van der Waals surface area contributed by atoms with Crippen molar-refractivity contribution in [1.82, 2.24) is 0 Å². The number of hydrogen-bond donors (Lipinski definition) is 0. The summed E-state index contributed by atoms with van der Waals surface area (Å²) in [5.74, 6) is 0. The van der Waals surface area contributed by atoms with Gasteiger partial charge in [0.2, 0.25) is 0 Å². The molecule has 1 nitrogen and oxygen atoms in total. The van der Waals surface area contributed by atoms with Crippen LogP contribution in [0, 0.1) is 0 Å². The summed E-state index contributed by atoms with van der Waals surface area (Å²) in [7, 11) is -1.02. The third kappa shape index (κ3) is 6.66. The van der Waals surface area contributed by atoms with Crippen molar-refractivity contribution >= 4 is 24.1 Å². The van der Waals surface area contributed by atoms with Gasteiger partial charge in [-0.25, -0.2) is 0 Å². The van der Waals surface area contributed by atoms with E-state index in [-0.39, 0.29) is 0 Å². The van der Waals surface area contributed by atoms with Crippen molar-refractivity contribution in [1.29, 1.82) is 0 Å². The first-order valence-electron chi connectivity index (χ1n) is 7.24. The Bertz CT molecular complexity index is 245. The third-order valence-electron chi connectivity index (χ3n) is 3.09. The smallest absolute Gasteiger partial charge is 0.109 e. The van der Waals surface area contributed by atoms with Gasteiger partial charge in [-0.15, -0.1) is 0 Å². The van der Waals surface area contributed by atoms with E-state index in [1.54, 1.807) is 5.71 Å². The average molecular weight is 272 g/mol. The molecule has 0 amide bonds. The maximum absolute atomic E-state index is 4.92. The van der Waals surface area contributed by atoms with Crippen LogP contribution in [-0.2, 0) is 0 Å². The zero-order valence-electron chi connectivity index (χ0n) is 12.1. The molecule has 0 spiro atoms. The lowest BCUT2D eigenvalue weighted by Crippen LogP contribution is -2.26. The Kier molecular flexibility index (Phi) is 6.86. The molecule has 1 atom stereocenters. The molecule has 0 saturated heterocycles. The largest absolute Gasteiger partial charge is 0.293 e. The van der Waals surface area contributed by atoms with Crippen molar-refractivity contribution in [2.45, 2.75) is 76.8 Å². The van der Waals surface area contributed by atoms with E-state index in [0.717, 1.165) is 11.8 Å². The fraction of sp³-hybridized carbons (Fsp3) is 0.929. The Labute approximate surface area is 113 Å². The van der Waals surface area contributed by atoms with Crippen molar-refractivity contribution in [2.75, 3.05) is 6.54 Å². The molecule has 17 heavy (non-hydrogen) atoms. The van der Waals surface area contributed by atoms with E-state index in [4.69, 9.17) is 4.99 Å². The van der Waals surface area contributed by atoms with Gasteiger partial charge in [-0.3, -0.25) is 4.99 Å². The van der Waals surface area contributed by atoms with Crippen LogP contribution in [-0.4, -0.2) is 24.7 Å². The second-order valence-electron chi connectivity index (χ2n) is 6.04. The van der Waals surface area contributed by atoms with Crippen molar-refractivity contribution in [3.63, 3.8) is 0 Å². The zero-order chi connectivity index (χ0) is 12.7. The number of aliphatic imine (C=N–C) groups is 1.